The molecular weight excluding hydrogens is 326 g/mol. The second-order valence-corrected chi connectivity index (χ2v) is 7.07. The number of amides is 2. The summed E-state index contributed by atoms with van der Waals surface area (Å²) in [5.41, 5.74) is 2.23. The summed E-state index contributed by atoms with van der Waals surface area (Å²) in [6.45, 7) is 5.28. The van der Waals surface area contributed by atoms with E-state index in [1.807, 2.05) is 31.2 Å². The zero-order valence-corrected chi connectivity index (χ0v) is 14.5. The van der Waals surface area contributed by atoms with Gasteiger partial charge in [0.25, 0.3) is 5.91 Å². The number of carbonyl (C=O) groups is 2. The predicted octanol–water partition coefficient (Wildman–Crippen LogP) is 1.33. The van der Waals surface area contributed by atoms with Crippen molar-refractivity contribution in [2.45, 2.75) is 25.1 Å². The lowest BCUT2D eigenvalue weighted by atomic mass is 10.1. The van der Waals surface area contributed by atoms with Crippen LogP contribution in [0.15, 0.2) is 29.3 Å². The first-order chi connectivity index (χ1) is 11.6. The molecule has 0 aliphatic carbocycles. The Morgan fingerprint density at radius 1 is 1.33 bits per heavy atom. The van der Waals surface area contributed by atoms with Crippen LogP contribution in [0.1, 0.15) is 17.5 Å². The fourth-order valence-corrected chi connectivity index (χ4v) is 3.66. The number of aliphatic imine (C=N–C) groups is 1. The van der Waals surface area contributed by atoms with Crippen LogP contribution in [-0.2, 0) is 20.9 Å². The number of aryl methyl sites for hydroxylation is 1. The highest BCUT2D eigenvalue weighted by molar-refractivity contribution is 8.15. The Bertz CT molecular complexity index is 639. The standard InChI is InChI=1S/C17H21N3O3S/c1-12-2-4-13(5-3-12)11-18-15(21)10-14-16(22)19-17(24-14)20-6-8-23-9-7-20/h2-5,14H,6-11H2,1H3,(H,18,21). The highest BCUT2D eigenvalue weighted by atomic mass is 32.2. The van der Waals surface area contributed by atoms with E-state index in [1.54, 1.807) is 0 Å². The molecule has 2 aliphatic rings. The molecule has 1 fully saturated rings. The lowest BCUT2D eigenvalue weighted by molar-refractivity contribution is -0.124. The van der Waals surface area contributed by atoms with Crippen molar-refractivity contribution in [3.63, 3.8) is 0 Å². The molecule has 0 radical (unpaired) electrons. The molecule has 0 bridgehead atoms. The first-order valence-electron chi connectivity index (χ1n) is 8.06. The van der Waals surface area contributed by atoms with Crippen molar-refractivity contribution in [1.29, 1.82) is 0 Å². The van der Waals surface area contributed by atoms with E-state index in [-0.39, 0.29) is 18.2 Å². The fourth-order valence-electron chi connectivity index (χ4n) is 2.55. The van der Waals surface area contributed by atoms with Crippen molar-refractivity contribution in [3.8, 4) is 0 Å². The minimum atomic E-state index is -0.416. The molecule has 128 valence electrons. The van der Waals surface area contributed by atoms with Crippen LogP contribution in [0.4, 0.5) is 0 Å². The van der Waals surface area contributed by atoms with Crippen LogP contribution in [0.3, 0.4) is 0 Å². The van der Waals surface area contributed by atoms with E-state index < -0.39 is 5.25 Å². The molecule has 24 heavy (non-hydrogen) atoms. The highest BCUT2D eigenvalue weighted by Crippen LogP contribution is 2.27. The number of hydrogen-bond acceptors (Lipinski definition) is 5. The maximum absolute atomic E-state index is 12.1. The minimum Gasteiger partial charge on any atom is -0.378 e. The summed E-state index contributed by atoms with van der Waals surface area (Å²) in [7, 11) is 0. The SMILES string of the molecule is Cc1ccc(CNC(=O)CC2SC(N3CCOCC3)=NC2=O)cc1. The monoisotopic (exact) mass is 347 g/mol. The molecule has 1 aromatic carbocycles. The lowest BCUT2D eigenvalue weighted by Crippen LogP contribution is -2.39. The smallest absolute Gasteiger partial charge is 0.262 e. The van der Waals surface area contributed by atoms with E-state index >= 15 is 0 Å². The molecule has 1 saturated heterocycles. The van der Waals surface area contributed by atoms with Crippen molar-refractivity contribution in [1.82, 2.24) is 10.2 Å². The van der Waals surface area contributed by atoms with Gasteiger partial charge in [0.2, 0.25) is 5.91 Å². The molecule has 7 heteroatoms. The summed E-state index contributed by atoms with van der Waals surface area (Å²) in [6.07, 6.45) is 0.159. The molecule has 1 unspecified atom stereocenters. The molecule has 2 heterocycles. The van der Waals surface area contributed by atoms with Gasteiger partial charge in [-0.05, 0) is 12.5 Å². The van der Waals surface area contributed by atoms with Crippen LogP contribution in [-0.4, -0.2) is 53.4 Å². The second-order valence-electron chi connectivity index (χ2n) is 5.90. The van der Waals surface area contributed by atoms with Gasteiger partial charge in [0.1, 0.15) is 5.25 Å². The number of ether oxygens (including phenoxy) is 1. The van der Waals surface area contributed by atoms with Crippen LogP contribution >= 0.6 is 11.8 Å². The average Bonchev–Trinajstić information content (AvgIpc) is 2.96. The van der Waals surface area contributed by atoms with E-state index in [1.165, 1.54) is 17.3 Å². The van der Waals surface area contributed by atoms with Gasteiger partial charge in [-0.15, -0.1) is 0 Å². The number of morpholine rings is 1. The van der Waals surface area contributed by atoms with Crippen molar-refractivity contribution < 1.29 is 14.3 Å². The number of thioether (sulfide) groups is 1. The van der Waals surface area contributed by atoms with E-state index in [4.69, 9.17) is 4.74 Å². The van der Waals surface area contributed by atoms with Crippen molar-refractivity contribution >= 4 is 28.7 Å². The van der Waals surface area contributed by atoms with Crippen LogP contribution < -0.4 is 5.32 Å². The van der Waals surface area contributed by atoms with Crippen LogP contribution in [0.25, 0.3) is 0 Å². The first-order valence-corrected chi connectivity index (χ1v) is 8.94. The van der Waals surface area contributed by atoms with Gasteiger partial charge in [0.05, 0.1) is 13.2 Å². The topological polar surface area (TPSA) is 71.0 Å². The molecular formula is C17H21N3O3S. The predicted molar refractivity (Wildman–Crippen MR) is 93.9 cm³/mol. The number of rotatable bonds is 4. The Labute approximate surface area is 145 Å². The highest BCUT2D eigenvalue weighted by Gasteiger charge is 2.33. The zero-order chi connectivity index (χ0) is 16.9. The average molecular weight is 347 g/mol. The Morgan fingerprint density at radius 2 is 2.04 bits per heavy atom. The minimum absolute atomic E-state index is 0.125. The lowest BCUT2D eigenvalue weighted by Gasteiger charge is -2.27. The van der Waals surface area contributed by atoms with Gasteiger partial charge in [0, 0.05) is 26.1 Å². The molecule has 2 amide bonds. The molecule has 0 spiro atoms. The summed E-state index contributed by atoms with van der Waals surface area (Å²) in [5.74, 6) is -0.341. The second kappa shape index (κ2) is 7.81. The number of nitrogens with zero attached hydrogens (tertiary/aromatic N) is 2. The molecule has 0 aromatic heterocycles. The number of hydrogen-bond donors (Lipinski definition) is 1. The molecule has 2 aliphatic heterocycles. The largest absolute Gasteiger partial charge is 0.378 e. The Kier molecular flexibility index (Phi) is 5.52. The molecule has 0 saturated carbocycles. The summed E-state index contributed by atoms with van der Waals surface area (Å²) in [4.78, 5) is 30.3. The molecule has 6 nitrogen and oxygen atoms in total. The van der Waals surface area contributed by atoms with E-state index in [9.17, 15) is 9.59 Å². The number of amidine groups is 1. The molecule has 1 aromatic rings. The summed E-state index contributed by atoms with van der Waals surface area (Å²) in [5, 5.41) is 3.18. The Hall–Kier alpha value is -1.86. The van der Waals surface area contributed by atoms with Gasteiger partial charge in [-0.25, -0.2) is 0 Å². The molecule has 3 rings (SSSR count). The van der Waals surface area contributed by atoms with Gasteiger partial charge in [-0.1, -0.05) is 41.6 Å². The van der Waals surface area contributed by atoms with Crippen LogP contribution in [0, 0.1) is 6.92 Å². The normalized spacial score (nSPS) is 20.9. The molecule has 1 N–H and O–H groups in total. The number of nitrogens with one attached hydrogen (secondary N) is 1. The van der Waals surface area contributed by atoms with Crippen molar-refractivity contribution in [3.05, 3.63) is 35.4 Å². The van der Waals surface area contributed by atoms with Crippen molar-refractivity contribution in [2.75, 3.05) is 26.3 Å². The quantitative estimate of drug-likeness (QED) is 0.890. The van der Waals surface area contributed by atoms with Gasteiger partial charge in [0.15, 0.2) is 5.17 Å². The van der Waals surface area contributed by atoms with Gasteiger partial charge < -0.3 is 15.0 Å². The third-order valence-corrected chi connectivity index (χ3v) is 5.20. The van der Waals surface area contributed by atoms with Crippen LogP contribution in [0.5, 0.6) is 0 Å². The third-order valence-electron chi connectivity index (χ3n) is 3.99. The Morgan fingerprint density at radius 3 is 2.75 bits per heavy atom. The van der Waals surface area contributed by atoms with Crippen LogP contribution in [0.2, 0.25) is 0 Å². The maximum Gasteiger partial charge on any atom is 0.262 e. The van der Waals surface area contributed by atoms with Gasteiger partial charge in [-0.3, -0.25) is 9.59 Å². The first kappa shape index (κ1) is 17.0. The summed E-state index contributed by atoms with van der Waals surface area (Å²) >= 11 is 1.39. The van der Waals surface area contributed by atoms with Gasteiger partial charge >= 0.3 is 0 Å². The van der Waals surface area contributed by atoms with Gasteiger partial charge in [-0.2, -0.15) is 4.99 Å². The fraction of sp³-hybridized carbons (Fsp3) is 0.471. The Balaban J connectivity index is 1.46. The van der Waals surface area contributed by atoms with Crippen molar-refractivity contribution in [2.24, 2.45) is 4.99 Å². The number of benzene rings is 1. The maximum atomic E-state index is 12.1. The third kappa shape index (κ3) is 4.36. The summed E-state index contributed by atoms with van der Waals surface area (Å²) < 4.78 is 5.30. The number of carbonyl (C=O) groups excluding carboxylic acids is 2. The van der Waals surface area contributed by atoms with E-state index in [0.717, 1.165) is 23.8 Å². The summed E-state index contributed by atoms with van der Waals surface area (Å²) in [6, 6.07) is 8.01. The molecule has 1 atom stereocenters. The van der Waals surface area contributed by atoms with E-state index in [0.29, 0.717) is 19.8 Å². The zero-order valence-electron chi connectivity index (χ0n) is 13.7. The van der Waals surface area contributed by atoms with E-state index in [2.05, 4.69) is 15.2 Å².